The van der Waals surface area contributed by atoms with Crippen molar-refractivity contribution in [3.63, 3.8) is 0 Å². The summed E-state index contributed by atoms with van der Waals surface area (Å²) < 4.78 is 1.89. The minimum atomic E-state index is -0.110. The van der Waals surface area contributed by atoms with Gasteiger partial charge in [0.2, 0.25) is 0 Å². The first-order valence-corrected chi connectivity index (χ1v) is 10.8. The Balaban J connectivity index is 1.55. The van der Waals surface area contributed by atoms with Crippen molar-refractivity contribution < 1.29 is 4.79 Å². The lowest BCUT2D eigenvalue weighted by molar-refractivity contribution is 0.102. The summed E-state index contributed by atoms with van der Waals surface area (Å²) in [7, 11) is 0. The number of carbonyl (C=O) groups excluding carboxylic acids is 1. The molecule has 5 heteroatoms. The Kier molecular flexibility index (Phi) is 4.40. The van der Waals surface area contributed by atoms with Crippen LogP contribution in [-0.2, 0) is 11.5 Å². The first kappa shape index (κ1) is 18.0. The fourth-order valence-corrected chi connectivity index (χ4v) is 4.95. The summed E-state index contributed by atoms with van der Waals surface area (Å²) in [6.45, 7) is 4.16. The molecule has 1 amide bonds. The highest BCUT2D eigenvalue weighted by atomic mass is 32.2. The van der Waals surface area contributed by atoms with E-state index in [-0.39, 0.29) is 5.91 Å². The lowest BCUT2D eigenvalue weighted by atomic mass is 10.1. The molecule has 5 rings (SSSR count). The van der Waals surface area contributed by atoms with Crippen LogP contribution in [0.15, 0.2) is 60.7 Å². The third kappa shape index (κ3) is 3.32. The zero-order chi connectivity index (χ0) is 20.0. The van der Waals surface area contributed by atoms with Crippen LogP contribution in [0.3, 0.4) is 0 Å². The van der Waals surface area contributed by atoms with Crippen LogP contribution in [-0.4, -0.2) is 15.7 Å². The van der Waals surface area contributed by atoms with Gasteiger partial charge in [0.25, 0.3) is 5.91 Å². The quantitative estimate of drug-likeness (QED) is 0.485. The predicted molar refractivity (Wildman–Crippen MR) is 120 cm³/mol. The Bertz CT molecular complexity index is 1240. The maximum atomic E-state index is 13.1. The van der Waals surface area contributed by atoms with E-state index in [2.05, 4.69) is 43.4 Å². The molecular formula is C24H21N3OS. The predicted octanol–water partition coefficient (Wildman–Crippen LogP) is 5.64. The Morgan fingerprint density at radius 1 is 0.966 bits per heavy atom. The molecule has 1 aromatic heterocycles. The number of nitrogens with one attached hydrogen (secondary N) is 1. The molecule has 0 spiro atoms. The van der Waals surface area contributed by atoms with Crippen molar-refractivity contribution in [1.29, 1.82) is 0 Å². The molecule has 0 radical (unpaired) electrons. The minimum absolute atomic E-state index is 0.110. The van der Waals surface area contributed by atoms with Crippen molar-refractivity contribution in [2.45, 2.75) is 25.4 Å². The smallest absolute Gasteiger partial charge is 0.256 e. The Hall–Kier alpha value is -3.05. The Morgan fingerprint density at radius 2 is 1.72 bits per heavy atom. The molecule has 4 nitrogen and oxygen atoms in total. The summed E-state index contributed by atoms with van der Waals surface area (Å²) in [4.78, 5) is 13.1. The van der Waals surface area contributed by atoms with Crippen LogP contribution < -0.4 is 5.32 Å². The molecule has 29 heavy (non-hydrogen) atoms. The third-order valence-electron chi connectivity index (χ3n) is 5.25. The number of aromatic nitrogens is 2. The van der Waals surface area contributed by atoms with Gasteiger partial charge in [-0.05, 0) is 60.0 Å². The fourth-order valence-electron chi connectivity index (χ4n) is 3.91. The van der Waals surface area contributed by atoms with Gasteiger partial charge in [-0.2, -0.15) is 16.9 Å². The van der Waals surface area contributed by atoms with E-state index in [1.807, 2.05) is 52.8 Å². The summed E-state index contributed by atoms with van der Waals surface area (Å²) in [6.07, 6.45) is 0. The van der Waals surface area contributed by atoms with Gasteiger partial charge in [-0.15, -0.1) is 0 Å². The Morgan fingerprint density at radius 3 is 2.52 bits per heavy atom. The zero-order valence-corrected chi connectivity index (χ0v) is 17.2. The number of rotatable bonds is 3. The van der Waals surface area contributed by atoms with Crippen molar-refractivity contribution in [1.82, 2.24) is 9.78 Å². The van der Waals surface area contributed by atoms with E-state index < -0.39 is 0 Å². The van der Waals surface area contributed by atoms with Crippen molar-refractivity contribution in [3.8, 4) is 5.69 Å². The van der Waals surface area contributed by atoms with Crippen LogP contribution in [0.2, 0.25) is 0 Å². The van der Waals surface area contributed by atoms with E-state index in [0.717, 1.165) is 45.0 Å². The highest BCUT2D eigenvalue weighted by molar-refractivity contribution is 7.98. The topological polar surface area (TPSA) is 46.9 Å². The van der Waals surface area contributed by atoms with Crippen molar-refractivity contribution in [2.24, 2.45) is 0 Å². The van der Waals surface area contributed by atoms with Gasteiger partial charge >= 0.3 is 0 Å². The standard InChI is InChI=1S/C24H21N3OS/c1-15-9-16(2)11-20(10-15)27-23(21-13-29-14-22(21)26-27)25-24(28)19-8-7-17-5-3-4-6-18(17)12-19/h3-12H,13-14H2,1-2H3,(H,25,28). The van der Waals surface area contributed by atoms with Gasteiger partial charge in [-0.3, -0.25) is 4.79 Å². The van der Waals surface area contributed by atoms with E-state index in [1.165, 1.54) is 11.1 Å². The molecule has 0 unspecified atom stereocenters. The average Bonchev–Trinajstić information content (AvgIpc) is 3.29. The normalized spacial score (nSPS) is 12.9. The highest BCUT2D eigenvalue weighted by Gasteiger charge is 2.25. The van der Waals surface area contributed by atoms with E-state index >= 15 is 0 Å². The third-order valence-corrected chi connectivity index (χ3v) is 6.22. The highest BCUT2D eigenvalue weighted by Crippen LogP contribution is 2.36. The van der Waals surface area contributed by atoms with Gasteiger partial charge in [0, 0.05) is 22.6 Å². The molecule has 1 aliphatic rings. The van der Waals surface area contributed by atoms with Gasteiger partial charge < -0.3 is 5.32 Å². The Labute approximate surface area is 173 Å². The van der Waals surface area contributed by atoms with E-state index in [9.17, 15) is 4.79 Å². The number of aryl methyl sites for hydroxylation is 2. The van der Waals surface area contributed by atoms with Crippen LogP contribution in [0.25, 0.3) is 16.5 Å². The summed E-state index contributed by atoms with van der Waals surface area (Å²) in [5, 5.41) is 10.2. The van der Waals surface area contributed by atoms with Gasteiger partial charge in [-0.1, -0.05) is 36.4 Å². The van der Waals surface area contributed by atoms with E-state index in [0.29, 0.717) is 5.56 Å². The second-order valence-electron chi connectivity index (χ2n) is 7.54. The molecule has 1 N–H and O–H groups in total. The fraction of sp³-hybridized carbons (Fsp3) is 0.167. The first-order chi connectivity index (χ1) is 14.1. The molecule has 0 bridgehead atoms. The maximum Gasteiger partial charge on any atom is 0.256 e. The van der Waals surface area contributed by atoms with Crippen LogP contribution in [0.5, 0.6) is 0 Å². The number of amides is 1. The monoisotopic (exact) mass is 399 g/mol. The molecule has 4 aromatic rings. The molecule has 1 aliphatic heterocycles. The van der Waals surface area contributed by atoms with Crippen LogP contribution >= 0.6 is 11.8 Å². The largest absolute Gasteiger partial charge is 0.306 e. The second kappa shape index (κ2) is 7.08. The van der Waals surface area contributed by atoms with Gasteiger partial charge in [0.15, 0.2) is 0 Å². The lowest BCUT2D eigenvalue weighted by Crippen LogP contribution is -2.16. The second-order valence-corrected chi connectivity index (χ2v) is 8.53. The number of anilines is 1. The molecule has 0 saturated carbocycles. The molecular weight excluding hydrogens is 378 g/mol. The molecule has 0 fully saturated rings. The van der Waals surface area contributed by atoms with Gasteiger partial charge in [0.1, 0.15) is 5.82 Å². The van der Waals surface area contributed by atoms with Crippen molar-refractivity contribution in [2.75, 3.05) is 5.32 Å². The minimum Gasteiger partial charge on any atom is -0.306 e. The summed E-state index contributed by atoms with van der Waals surface area (Å²) in [5.74, 6) is 2.42. The molecule has 3 aromatic carbocycles. The molecule has 0 atom stereocenters. The SMILES string of the molecule is Cc1cc(C)cc(-n2nc3c(c2NC(=O)c2ccc4ccccc4c2)CSC3)c1. The first-order valence-electron chi connectivity index (χ1n) is 9.66. The molecule has 2 heterocycles. The number of carbonyl (C=O) groups is 1. The van der Waals surface area contributed by atoms with Gasteiger partial charge in [-0.25, -0.2) is 4.68 Å². The summed E-state index contributed by atoms with van der Waals surface area (Å²) in [6, 6.07) is 20.2. The van der Waals surface area contributed by atoms with Crippen LogP contribution in [0, 0.1) is 13.8 Å². The number of nitrogens with zero attached hydrogens (tertiary/aromatic N) is 2. The van der Waals surface area contributed by atoms with Crippen molar-refractivity contribution in [3.05, 3.63) is 88.6 Å². The number of hydrogen-bond donors (Lipinski definition) is 1. The number of benzene rings is 3. The maximum absolute atomic E-state index is 13.1. The number of fused-ring (bicyclic) bond motifs is 2. The molecule has 0 saturated heterocycles. The average molecular weight is 400 g/mol. The summed E-state index contributed by atoms with van der Waals surface area (Å²) in [5.41, 5.74) is 6.17. The lowest BCUT2D eigenvalue weighted by Gasteiger charge is -2.13. The van der Waals surface area contributed by atoms with Crippen LogP contribution in [0.4, 0.5) is 5.82 Å². The number of hydrogen-bond acceptors (Lipinski definition) is 3. The molecule has 144 valence electrons. The zero-order valence-electron chi connectivity index (χ0n) is 16.4. The van der Waals surface area contributed by atoms with Crippen LogP contribution in [0.1, 0.15) is 32.7 Å². The molecule has 0 aliphatic carbocycles. The van der Waals surface area contributed by atoms with Crippen molar-refractivity contribution >= 4 is 34.3 Å². The number of thioether (sulfide) groups is 1. The van der Waals surface area contributed by atoms with E-state index in [4.69, 9.17) is 5.10 Å². The summed E-state index contributed by atoms with van der Waals surface area (Å²) >= 11 is 1.83. The van der Waals surface area contributed by atoms with Gasteiger partial charge in [0.05, 0.1) is 11.4 Å². The van der Waals surface area contributed by atoms with E-state index in [1.54, 1.807) is 0 Å².